The number of halogens is 2. The van der Waals surface area contributed by atoms with Crippen LogP contribution in [0, 0.1) is 5.82 Å². The molecular formula is C10H7BrFN3O2. The highest BCUT2D eigenvalue weighted by Gasteiger charge is 2.15. The number of nitrogens with zero attached hydrogens (tertiary/aromatic N) is 3. The highest BCUT2D eigenvalue weighted by Crippen LogP contribution is 2.27. The van der Waals surface area contributed by atoms with Gasteiger partial charge in [0.15, 0.2) is 4.60 Å². The third kappa shape index (κ3) is 2.05. The van der Waals surface area contributed by atoms with Gasteiger partial charge in [-0.3, -0.25) is 0 Å². The fraction of sp³-hybridized carbons (Fsp3) is 0.100. The molecule has 0 radical (unpaired) electrons. The first-order valence-electron chi connectivity index (χ1n) is 4.59. The maximum atomic E-state index is 13.2. The summed E-state index contributed by atoms with van der Waals surface area (Å²) in [6.07, 6.45) is 0. The van der Waals surface area contributed by atoms with Crippen molar-refractivity contribution in [2.24, 2.45) is 7.05 Å². The smallest absolute Gasteiger partial charge is 0.338 e. The summed E-state index contributed by atoms with van der Waals surface area (Å²) in [5, 5.41) is 16.4. The lowest BCUT2D eigenvalue weighted by Crippen LogP contribution is -2.02. The van der Waals surface area contributed by atoms with Crippen molar-refractivity contribution in [1.82, 2.24) is 15.0 Å². The summed E-state index contributed by atoms with van der Waals surface area (Å²) >= 11 is 3.20. The minimum Gasteiger partial charge on any atom is -0.478 e. The first-order chi connectivity index (χ1) is 8.00. The molecule has 2 rings (SSSR count). The average molecular weight is 300 g/mol. The van der Waals surface area contributed by atoms with E-state index in [2.05, 4.69) is 26.2 Å². The van der Waals surface area contributed by atoms with Crippen molar-refractivity contribution in [3.63, 3.8) is 0 Å². The number of aromatic nitrogens is 3. The van der Waals surface area contributed by atoms with Gasteiger partial charge < -0.3 is 5.11 Å². The average Bonchev–Trinajstić information content (AvgIpc) is 2.59. The lowest BCUT2D eigenvalue weighted by molar-refractivity contribution is 0.0692. The Labute approximate surface area is 104 Å². The number of carboxylic acid groups (broad SMARTS) is 1. The van der Waals surface area contributed by atoms with Crippen molar-refractivity contribution >= 4 is 21.9 Å². The molecule has 0 amide bonds. The minimum absolute atomic E-state index is 0.379. The second-order valence-electron chi connectivity index (χ2n) is 3.35. The normalized spacial score (nSPS) is 10.5. The highest BCUT2D eigenvalue weighted by molar-refractivity contribution is 9.10. The molecule has 0 spiro atoms. The number of hydrogen-bond donors (Lipinski definition) is 1. The Balaban J connectivity index is 2.62. The van der Waals surface area contributed by atoms with Crippen molar-refractivity contribution < 1.29 is 14.3 Å². The third-order valence-electron chi connectivity index (χ3n) is 2.26. The lowest BCUT2D eigenvalue weighted by Gasteiger charge is -2.04. The van der Waals surface area contributed by atoms with E-state index >= 15 is 0 Å². The molecule has 0 atom stereocenters. The van der Waals surface area contributed by atoms with Gasteiger partial charge in [-0.25, -0.2) is 13.9 Å². The zero-order valence-corrected chi connectivity index (χ0v) is 10.3. The molecule has 1 aromatic heterocycles. The van der Waals surface area contributed by atoms with Crippen LogP contribution in [0.4, 0.5) is 4.39 Å². The van der Waals surface area contributed by atoms with Crippen LogP contribution in [0.15, 0.2) is 22.8 Å². The number of carbonyl (C=O) groups is 1. The van der Waals surface area contributed by atoms with Gasteiger partial charge in [0.2, 0.25) is 0 Å². The molecule has 2 aromatic rings. The number of rotatable bonds is 2. The SMILES string of the molecule is Cn1nnc(Br)c1-c1ccc(F)c(C(=O)O)c1. The Morgan fingerprint density at radius 1 is 1.53 bits per heavy atom. The summed E-state index contributed by atoms with van der Waals surface area (Å²) < 4.78 is 15.2. The molecular weight excluding hydrogens is 293 g/mol. The fourth-order valence-electron chi connectivity index (χ4n) is 1.47. The second kappa shape index (κ2) is 4.25. The van der Waals surface area contributed by atoms with Gasteiger partial charge in [0.1, 0.15) is 11.5 Å². The minimum atomic E-state index is -1.31. The van der Waals surface area contributed by atoms with Crippen molar-refractivity contribution in [2.75, 3.05) is 0 Å². The van der Waals surface area contributed by atoms with Gasteiger partial charge in [-0.2, -0.15) is 0 Å². The molecule has 0 saturated carbocycles. The molecule has 17 heavy (non-hydrogen) atoms. The van der Waals surface area contributed by atoms with Gasteiger partial charge in [-0.15, -0.1) is 5.10 Å². The van der Waals surface area contributed by atoms with E-state index < -0.39 is 11.8 Å². The number of hydrogen-bond acceptors (Lipinski definition) is 3. The molecule has 88 valence electrons. The summed E-state index contributed by atoms with van der Waals surface area (Å²) in [4.78, 5) is 10.8. The predicted molar refractivity (Wildman–Crippen MR) is 61.1 cm³/mol. The molecule has 0 fully saturated rings. The van der Waals surface area contributed by atoms with Crippen LogP contribution >= 0.6 is 15.9 Å². The maximum absolute atomic E-state index is 13.2. The number of aryl methyl sites for hydroxylation is 1. The monoisotopic (exact) mass is 299 g/mol. The second-order valence-corrected chi connectivity index (χ2v) is 4.10. The Morgan fingerprint density at radius 2 is 2.24 bits per heavy atom. The van der Waals surface area contributed by atoms with Crippen LogP contribution in [-0.2, 0) is 7.05 Å². The van der Waals surface area contributed by atoms with E-state index in [0.29, 0.717) is 15.9 Å². The topological polar surface area (TPSA) is 68.0 Å². The molecule has 0 bridgehead atoms. The van der Waals surface area contributed by atoms with E-state index in [-0.39, 0.29) is 5.56 Å². The van der Waals surface area contributed by atoms with Crippen LogP contribution in [0.5, 0.6) is 0 Å². The summed E-state index contributed by atoms with van der Waals surface area (Å²) in [7, 11) is 1.66. The number of carboxylic acids is 1. The largest absolute Gasteiger partial charge is 0.478 e. The Bertz CT molecular complexity index is 578. The summed E-state index contributed by atoms with van der Waals surface area (Å²) in [6, 6.07) is 3.84. The summed E-state index contributed by atoms with van der Waals surface area (Å²) in [5.74, 6) is -2.08. The van der Waals surface area contributed by atoms with E-state index in [9.17, 15) is 9.18 Å². The van der Waals surface area contributed by atoms with Crippen LogP contribution in [0.3, 0.4) is 0 Å². The predicted octanol–water partition coefficient (Wildman–Crippen LogP) is 2.08. The first kappa shape index (κ1) is 11.7. The van der Waals surface area contributed by atoms with E-state index in [1.54, 1.807) is 7.05 Å². The van der Waals surface area contributed by atoms with Crippen LogP contribution in [-0.4, -0.2) is 26.1 Å². The van der Waals surface area contributed by atoms with Crippen molar-refractivity contribution in [3.8, 4) is 11.3 Å². The first-order valence-corrected chi connectivity index (χ1v) is 5.38. The van der Waals surface area contributed by atoms with Gasteiger partial charge in [-0.05, 0) is 34.1 Å². The fourth-order valence-corrected chi connectivity index (χ4v) is 2.03. The van der Waals surface area contributed by atoms with Gasteiger partial charge in [-0.1, -0.05) is 5.21 Å². The molecule has 0 saturated heterocycles. The summed E-state index contributed by atoms with van der Waals surface area (Å²) in [6.45, 7) is 0. The van der Waals surface area contributed by atoms with Crippen LogP contribution in [0.1, 0.15) is 10.4 Å². The molecule has 7 heteroatoms. The van der Waals surface area contributed by atoms with Gasteiger partial charge in [0.05, 0.1) is 5.56 Å². The molecule has 0 aliphatic heterocycles. The zero-order valence-electron chi connectivity index (χ0n) is 8.69. The Morgan fingerprint density at radius 3 is 2.76 bits per heavy atom. The van der Waals surface area contributed by atoms with E-state index in [4.69, 9.17) is 5.11 Å². The molecule has 0 aliphatic rings. The molecule has 0 aliphatic carbocycles. The van der Waals surface area contributed by atoms with Crippen LogP contribution in [0.2, 0.25) is 0 Å². The van der Waals surface area contributed by atoms with E-state index in [1.165, 1.54) is 16.8 Å². The number of benzene rings is 1. The zero-order chi connectivity index (χ0) is 12.6. The lowest BCUT2D eigenvalue weighted by atomic mass is 10.1. The van der Waals surface area contributed by atoms with Crippen molar-refractivity contribution in [3.05, 3.63) is 34.2 Å². The quantitative estimate of drug-likeness (QED) is 0.922. The Kier molecular flexibility index (Phi) is 2.93. The molecule has 0 unspecified atom stereocenters. The molecule has 5 nitrogen and oxygen atoms in total. The van der Waals surface area contributed by atoms with Crippen molar-refractivity contribution in [1.29, 1.82) is 0 Å². The van der Waals surface area contributed by atoms with E-state index in [0.717, 1.165) is 6.07 Å². The van der Waals surface area contributed by atoms with Crippen molar-refractivity contribution in [2.45, 2.75) is 0 Å². The van der Waals surface area contributed by atoms with Gasteiger partial charge >= 0.3 is 5.97 Å². The maximum Gasteiger partial charge on any atom is 0.338 e. The Hall–Kier alpha value is -1.76. The standard InChI is InChI=1S/C10H7BrFN3O2/c1-15-8(9(11)13-14-15)5-2-3-7(12)6(4-5)10(16)17/h2-4H,1H3,(H,16,17). The highest BCUT2D eigenvalue weighted by atomic mass is 79.9. The molecule has 1 aromatic carbocycles. The van der Waals surface area contributed by atoms with Crippen LogP contribution < -0.4 is 0 Å². The van der Waals surface area contributed by atoms with Gasteiger partial charge in [0.25, 0.3) is 0 Å². The number of aromatic carboxylic acids is 1. The third-order valence-corrected chi connectivity index (χ3v) is 2.79. The molecule has 1 heterocycles. The van der Waals surface area contributed by atoms with Crippen LogP contribution in [0.25, 0.3) is 11.3 Å². The van der Waals surface area contributed by atoms with E-state index in [1.807, 2.05) is 0 Å². The summed E-state index contributed by atoms with van der Waals surface area (Å²) in [5.41, 5.74) is 0.742. The van der Waals surface area contributed by atoms with Gasteiger partial charge in [0, 0.05) is 12.6 Å². The molecule has 1 N–H and O–H groups in total.